The lowest BCUT2D eigenvalue weighted by Crippen LogP contribution is -2.58. The monoisotopic (exact) mass is 263 g/mol. The molecule has 0 aromatic heterocycles. The van der Waals surface area contributed by atoms with Gasteiger partial charge in [0, 0.05) is 38.8 Å². The van der Waals surface area contributed by atoms with Crippen molar-refractivity contribution >= 4 is 10.2 Å². The van der Waals surface area contributed by atoms with Crippen molar-refractivity contribution in [1.29, 1.82) is 0 Å². The first-order chi connectivity index (χ1) is 7.89. The molecule has 6 heteroatoms. The number of hydrogen-bond donors (Lipinski definition) is 1. The summed E-state index contributed by atoms with van der Waals surface area (Å²) in [6.07, 6.45) is 1.92. The molecule has 0 radical (unpaired) electrons. The van der Waals surface area contributed by atoms with E-state index in [1.54, 1.807) is 11.4 Å². The quantitative estimate of drug-likeness (QED) is 0.792. The third-order valence-corrected chi connectivity index (χ3v) is 5.30. The van der Waals surface area contributed by atoms with Crippen molar-refractivity contribution in [2.75, 3.05) is 26.7 Å². The number of piperazine rings is 1. The van der Waals surface area contributed by atoms with Gasteiger partial charge < -0.3 is 5.32 Å². The molecule has 17 heavy (non-hydrogen) atoms. The zero-order chi connectivity index (χ0) is 13.1. The molecule has 0 amide bonds. The highest BCUT2D eigenvalue weighted by atomic mass is 32.2. The summed E-state index contributed by atoms with van der Waals surface area (Å²) in [6.45, 7) is 7.91. The third-order valence-electron chi connectivity index (χ3n) is 3.22. The van der Waals surface area contributed by atoms with Crippen molar-refractivity contribution in [2.24, 2.45) is 0 Å². The molecule has 1 aliphatic heterocycles. The molecule has 1 N–H and O–H groups in total. The second kappa shape index (κ2) is 6.13. The molecule has 1 heterocycles. The summed E-state index contributed by atoms with van der Waals surface area (Å²) in [5, 5.41) is 3.29. The average Bonchev–Trinajstić information content (AvgIpc) is 2.28. The van der Waals surface area contributed by atoms with Crippen molar-refractivity contribution in [3.8, 4) is 0 Å². The Bertz CT molecular complexity index is 332. The van der Waals surface area contributed by atoms with Crippen LogP contribution in [0.3, 0.4) is 0 Å². The summed E-state index contributed by atoms with van der Waals surface area (Å²) in [7, 11) is -1.62. The second-order valence-electron chi connectivity index (χ2n) is 4.91. The topological polar surface area (TPSA) is 52.7 Å². The Kier molecular flexibility index (Phi) is 5.37. The normalized spacial score (nSPS) is 27.6. The van der Waals surface area contributed by atoms with Gasteiger partial charge in [0.05, 0.1) is 0 Å². The molecule has 0 aliphatic carbocycles. The maximum absolute atomic E-state index is 12.4. The van der Waals surface area contributed by atoms with Crippen LogP contribution in [0.1, 0.15) is 33.6 Å². The van der Waals surface area contributed by atoms with Crippen LogP contribution < -0.4 is 5.32 Å². The van der Waals surface area contributed by atoms with E-state index < -0.39 is 10.2 Å². The summed E-state index contributed by atoms with van der Waals surface area (Å²) in [4.78, 5) is 0. The minimum Gasteiger partial charge on any atom is -0.311 e. The number of nitrogens with one attached hydrogen (secondary N) is 1. The average molecular weight is 263 g/mol. The largest absolute Gasteiger partial charge is 0.311 e. The first-order valence-electron chi connectivity index (χ1n) is 6.36. The van der Waals surface area contributed by atoms with Crippen molar-refractivity contribution < 1.29 is 8.42 Å². The predicted molar refractivity (Wildman–Crippen MR) is 70.1 cm³/mol. The van der Waals surface area contributed by atoms with Gasteiger partial charge in [-0.1, -0.05) is 13.3 Å². The van der Waals surface area contributed by atoms with Gasteiger partial charge in [-0.05, 0) is 20.3 Å². The predicted octanol–water partition coefficient (Wildman–Crippen LogP) is 0.645. The molecule has 5 nitrogen and oxygen atoms in total. The van der Waals surface area contributed by atoms with Crippen LogP contribution in [0.2, 0.25) is 0 Å². The summed E-state index contributed by atoms with van der Waals surface area (Å²) in [5.41, 5.74) is 0. The molecule has 1 aliphatic rings. The Labute approximate surface area is 105 Å². The van der Waals surface area contributed by atoms with E-state index in [1.807, 2.05) is 13.8 Å². The van der Waals surface area contributed by atoms with Crippen molar-refractivity contribution in [2.45, 2.75) is 45.7 Å². The van der Waals surface area contributed by atoms with E-state index in [2.05, 4.69) is 12.2 Å². The number of nitrogens with zero attached hydrogens (tertiary/aromatic N) is 2. The van der Waals surface area contributed by atoms with Crippen molar-refractivity contribution in [3.63, 3.8) is 0 Å². The number of rotatable bonds is 5. The lowest BCUT2D eigenvalue weighted by molar-refractivity contribution is 0.229. The maximum Gasteiger partial charge on any atom is 0.282 e. The van der Waals surface area contributed by atoms with Crippen molar-refractivity contribution in [3.05, 3.63) is 0 Å². The van der Waals surface area contributed by atoms with Gasteiger partial charge in [-0.3, -0.25) is 0 Å². The molecule has 102 valence electrons. The van der Waals surface area contributed by atoms with Gasteiger partial charge in [-0.2, -0.15) is 17.0 Å². The molecule has 0 saturated carbocycles. The highest BCUT2D eigenvalue weighted by molar-refractivity contribution is 7.86. The molecule has 0 spiro atoms. The van der Waals surface area contributed by atoms with Crippen LogP contribution in [0.15, 0.2) is 0 Å². The van der Waals surface area contributed by atoms with Crippen LogP contribution >= 0.6 is 0 Å². The fraction of sp³-hybridized carbons (Fsp3) is 1.00. The Morgan fingerprint density at radius 1 is 1.41 bits per heavy atom. The van der Waals surface area contributed by atoms with Crippen molar-refractivity contribution in [1.82, 2.24) is 13.9 Å². The third kappa shape index (κ3) is 3.64. The van der Waals surface area contributed by atoms with Crippen LogP contribution in [0.25, 0.3) is 0 Å². The summed E-state index contributed by atoms with van der Waals surface area (Å²) >= 11 is 0. The molecule has 1 fully saturated rings. The van der Waals surface area contributed by atoms with Gasteiger partial charge in [-0.25, -0.2) is 0 Å². The Morgan fingerprint density at radius 2 is 2.06 bits per heavy atom. The molecule has 1 rings (SSSR count). The van der Waals surface area contributed by atoms with Crippen LogP contribution in [-0.2, 0) is 10.2 Å². The van der Waals surface area contributed by atoms with Gasteiger partial charge in [0.25, 0.3) is 10.2 Å². The highest BCUT2D eigenvalue weighted by Crippen LogP contribution is 2.15. The van der Waals surface area contributed by atoms with E-state index in [-0.39, 0.29) is 12.1 Å². The molecule has 0 aromatic rings. The Balaban J connectivity index is 2.73. The fourth-order valence-corrected chi connectivity index (χ4v) is 3.64. The molecule has 0 bridgehead atoms. The van der Waals surface area contributed by atoms with Gasteiger partial charge >= 0.3 is 0 Å². The Morgan fingerprint density at radius 3 is 2.65 bits per heavy atom. The standard InChI is InChI=1S/C11H25N3O2S/c1-5-6-7-13(4)17(15,16)14-9-10(2)12-8-11(14)3/h10-12H,5-9H2,1-4H3. The SMILES string of the molecule is CCCCN(C)S(=O)(=O)N1CC(C)NCC1C. The van der Waals surface area contributed by atoms with Crippen LogP contribution in [0.5, 0.6) is 0 Å². The summed E-state index contributed by atoms with van der Waals surface area (Å²) in [5.74, 6) is 0. The molecule has 1 saturated heterocycles. The van der Waals surface area contributed by atoms with E-state index in [9.17, 15) is 8.42 Å². The van der Waals surface area contributed by atoms with Gasteiger partial charge in [-0.15, -0.1) is 0 Å². The van der Waals surface area contributed by atoms with E-state index >= 15 is 0 Å². The second-order valence-corrected chi connectivity index (χ2v) is 6.90. The van der Waals surface area contributed by atoms with Crippen LogP contribution in [0.4, 0.5) is 0 Å². The summed E-state index contributed by atoms with van der Waals surface area (Å²) in [6, 6.07) is 0.251. The molecule has 2 unspecified atom stereocenters. The van der Waals surface area contributed by atoms with Gasteiger partial charge in [0.1, 0.15) is 0 Å². The van der Waals surface area contributed by atoms with Crippen LogP contribution in [-0.4, -0.2) is 55.8 Å². The van der Waals surface area contributed by atoms with Gasteiger partial charge in [0.15, 0.2) is 0 Å². The molecular weight excluding hydrogens is 238 g/mol. The minimum atomic E-state index is -3.29. The van der Waals surface area contributed by atoms with E-state index in [0.717, 1.165) is 19.4 Å². The Hall–Kier alpha value is -0.170. The zero-order valence-corrected chi connectivity index (χ0v) is 12.1. The number of hydrogen-bond acceptors (Lipinski definition) is 3. The molecule has 2 atom stereocenters. The number of unbranched alkanes of at least 4 members (excludes halogenated alkanes) is 1. The molecule has 0 aromatic carbocycles. The fourth-order valence-electron chi connectivity index (χ4n) is 1.98. The first-order valence-corrected chi connectivity index (χ1v) is 7.75. The van der Waals surface area contributed by atoms with E-state index in [4.69, 9.17) is 0 Å². The first kappa shape index (κ1) is 14.9. The maximum atomic E-state index is 12.4. The van der Waals surface area contributed by atoms with E-state index in [1.165, 1.54) is 4.31 Å². The smallest absolute Gasteiger partial charge is 0.282 e. The van der Waals surface area contributed by atoms with E-state index in [0.29, 0.717) is 13.1 Å². The lowest BCUT2D eigenvalue weighted by atomic mass is 10.2. The lowest BCUT2D eigenvalue weighted by Gasteiger charge is -2.38. The van der Waals surface area contributed by atoms with Gasteiger partial charge in [0.2, 0.25) is 0 Å². The zero-order valence-electron chi connectivity index (χ0n) is 11.3. The molecular formula is C11H25N3O2S. The van der Waals surface area contributed by atoms with Crippen LogP contribution in [0, 0.1) is 0 Å². The highest BCUT2D eigenvalue weighted by Gasteiger charge is 2.34. The minimum absolute atomic E-state index is 0.0280. The summed E-state index contributed by atoms with van der Waals surface area (Å²) < 4.78 is 27.8.